The summed E-state index contributed by atoms with van der Waals surface area (Å²) >= 11 is 0. The molecule has 0 heterocycles. The van der Waals surface area contributed by atoms with E-state index in [1.807, 2.05) is 6.07 Å². The molecule has 0 radical (unpaired) electrons. The number of esters is 2. The Morgan fingerprint density at radius 1 is 1.00 bits per heavy atom. The summed E-state index contributed by atoms with van der Waals surface area (Å²) in [6.07, 6.45) is 0. The van der Waals surface area contributed by atoms with Gasteiger partial charge in [0.05, 0.1) is 30.9 Å². The van der Waals surface area contributed by atoms with E-state index in [-0.39, 0.29) is 11.1 Å². The molecule has 22 heavy (non-hydrogen) atoms. The summed E-state index contributed by atoms with van der Waals surface area (Å²) in [5.74, 6) is -1.05. The molecule has 0 spiro atoms. The summed E-state index contributed by atoms with van der Waals surface area (Å²) in [5, 5.41) is 9.38. The molecule has 2 rings (SSSR count). The number of rotatable bonds is 3. The van der Waals surface area contributed by atoms with Crippen LogP contribution in [0, 0.1) is 11.3 Å². The fourth-order valence-electron chi connectivity index (χ4n) is 2.12. The monoisotopic (exact) mass is 295 g/mol. The van der Waals surface area contributed by atoms with Gasteiger partial charge in [0.1, 0.15) is 6.07 Å². The second-order valence-electron chi connectivity index (χ2n) is 4.40. The van der Waals surface area contributed by atoms with Gasteiger partial charge in [-0.25, -0.2) is 9.59 Å². The van der Waals surface area contributed by atoms with Crippen LogP contribution in [0.1, 0.15) is 26.3 Å². The van der Waals surface area contributed by atoms with Gasteiger partial charge >= 0.3 is 11.9 Å². The number of nitrogens with zero attached hydrogens (tertiary/aromatic N) is 1. The van der Waals surface area contributed by atoms with E-state index in [1.165, 1.54) is 20.3 Å². The molecule has 0 saturated heterocycles. The highest BCUT2D eigenvalue weighted by molar-refractivity contribution is 5.96. The Morgan fingerprint density at radius 2 is 1.68 bits per heavy atom. The minimum Gasteiger partial charge on any atom is -0.465 e. The van der Waals surface area contributed by atoms with Crippen molar-refractivity contribution in [3.63, 3.8) is 0 Å². The number of benzene rings is 2. The first-order chi connectivity index (χ1) is 10.6. The number of ether oxygens (including phenoxy) is 2. The van der Waals surface area contributed by atoms with Gasteiger partial charge in [-0.2, -0.15) is 5.26 Å². The predicted molar refractivity (Wildman–Crippen MR) is 79.3 cm³/mol. The Morgan fingerprint density at radius 3 is 2.32 bits per heavy atom. The van der Waals surface area contributed by atoms with Crippen molar-refractivity contribution in [3.8, 4) is 17.2 Å². The summed E-state index contributed by atoms with van der Waals surface area (Å²) in [5.41, 5.74) is 1.95. The number of carbonyl (C=O) groups is 2. The zero-order valence-corrected chi connectivity index (χ0v) is 12.1. The molecule has 0 aliphatic carbocycles. The van der Waals surface area contributed by atoms with E-state index in [9.17, 15) is 14.9 Å². The average molecular weight is 295 g/mol. The lowest BCUT2D eigenvalue weighted by molar-refractivity contribution is 0.0591. The van der Waals surface area contributed by atoms with Crippen molar-refractivity contribution in [1.29, 1.82) is 5.26 Å². The molecule has 0 aliphatic heterocycles. The van der Waals surface area contributed by atoms with Crippen LogP contribution < -0.4 is 0 Å². The standard InChI is InChI=1S/C17H13NO4/c1-21-16(19)12-6-3-5-11(9-12)13-7-4-8-14(15(13)10-18)17(20)22-2/h3-9H,1-2H3. The van der Waals surface area contributed by atoms with E-state index in [1.54, 1.807) is 36.4 Å². The lowest BCUT2D eigenvalue weighted by Gasteiger charge is -2.09. The highest BCUT2D eigenvalue weighted by Crippen LogP contribution is 2.27. The molecule has 5 heteroatoms. The summed E-state index contributed by atoms with van der Waals surface area (Å²) in [4.78, 5) is 23.4. The Bertz CT molecular complexity index is 774. The zero-order chi connectivity index (χ0) is 16.1. The fraction of sp³-hybridized carbons (Fsp3) is 0.118. The Balaban J connectivity index is 2.61. The Labute approximate surface area is 127 Å². The molecule has 0 aromatic heterocycles. The summed E-state index contributed by atoms with van der Waals surface area (Å²) in [6.45, 7) is 0. The third-order valence-electron chi connectivity index (χ3n) is 3.18. The van der Waals surface area contributed by atoms with Crippen LogP contribution in [0.2, 0.25) is 0 Å². The normalized spacial score (nSPS) is 9.68. The lowest BCUT2D eigenvalue weighted by atomic mass is 9.95. The van der Waals surface area contributed by atoms with Crippen molar-refractivity contribution in [2.24, 2.45) is 0 Å². The molecule has 5 nitrogen and oxygen atoms in total. The van der Waals surface area contributed by atoms with Gasteiger partial charge in [0.25, 0.3) is 0 Å². The topological polar surface area (TPSA) is 76.4 Å². The SMILES string of the molecule is COC(=O)c1cccc(-c2cccc(C(=O)OC)c2C#N)c1. The molecule has 0 saturated carbocycles. The molecular formula is C17H13NO4. The molecule has 0 aliphatic rings. The van der Waals surface area contributed by atoms with Crippen LogP contribution in [-0.2, 0) is 9.47 Å². The first kappa shape index (κ1) is 15.3. The lowest BCUT2D eigenvalue weighted by Crippen LogP contribution is -2.05. The van der Waals surface area contributed by atoms with E-state index in [0.29, 0.717) is 16.7 Å². The van der Waals surface area contributed by atoms with Gasteiger partial charge in [0.2, 0.25) is 0 Å². The molecule has 2 aromatic carbocycles. The van der Waals surface area contributed by atoms with Gasteiger partial charge in [-0.15, -0.1) is 0 Å². The molecule has 0 unspecified atom stereocenters. The van der Waals surface area contributed by atoms with Crippen LogP contribution in [0.15, 0.2) is 42.5 Å². The van der Waals surface area contributed by atoms with E-state index in [4.69, 9.17) is 0 Å². The van der Waals surface area contributed by atoms with Crippen LogP contribution in [-0.4, -0.2) is 26.2 Å². The molecule has 2 aromatic rings. The zero-order valence-electron chi connectivity index (χ0n) is 12.1. The molecule has 0 atom stereocenters. The highest BCUT2D eigenvalue weighted by Gasteiger charge is 2.17. The first-order valence-electron chi connectivity index (χ1n) is 6.42. The van der Waals surface area contributed by atoms with Crippen LogP contribution in [0.25, 0.3) is 11.1 Å². The van der Waals surface area contributed by atoms with Crippen molar-refractivity contribution in [2.45, 2.75) is 0 Å². The van der Waals surface area contributed by atoms with E-state index < -0.39 is 11.9 Å². The van der Waals surface area contributed by atoms with Gasteiger partial charge < -0.3 is 9.47 Å². The fourth-order valence-corrected chi connectivity index (χ4v) is 2.12. The molecule has 0 N–H and O–H groups in total. The number of hydrogen-bond donors (Lipinski definition) is 0. The first-order valence-corrected chi connectivity index (χ1v) is 6.42. The maximum Gasteiger partial charge on any atom is 0.339 e. The summed E-state index contributed by atoms with van der Waals surface area (Å²) in [6, 6.07) is 13.6. The van der Waals surface area contributed by atoms with Gasteiger partial charge in [0.15, 0.2) is 0 Å². The van der Waals surface area contributed by atoms with Crippen molar-refractivity contribution in [1.82, 2.24) is 0 Å². The van der Waals surface area contributed by atoms with Crippen LogP contribution in [0.5, 0.6) is 0 Å². The van der Waals surface area contributed by atoms with Crippen LogP contribution in [0.4, 0.5) is 0 Å². The Hall–Kier alpha value is -3.13. The summed E-state index contributed by atoms with van der Waals surface area (Å²) in [7, 11) is 2.56. The third kappa shape index (κ3) is 2.81. The van der Waals surface area contributed by atoms with Gasteiger partial charge in [-0.3, -0.25) is 0 Å². The largest absolute Gasteiger partial charge is 0.465 e. The smallest absolute Gasteiger partial charge is 0.339 e. The molecule has 0 amide bonds. The number of carbonyl (C=O) groups excluding carboxylic acids is 2. The molecule has 0 fully saturated rings. The second kappa shape index (κ2) is 6.55. The van der Waals surface area contributed by atoms with Gasteiger partial charge in [-0.05, 0) is 23.8 Å². The van der Waals surface area contributed by atoms with E-state index in [2.05, 4.69) is 9.47 Å². The van der Waals surface area contributed by atoms with Crippen molar-refractivity contribution in [2.75, 3.05) is 14.2 Å². The minimum absolute atomic E-state index is 0.186. The van der Waals surface area contributed by atoms with Gasteiger partial charge in [0, 0.05) is 5.56 Å². The van der Waals surface area contributed by atoms with Crippen molar-refractivity contribution >= 4 is 11.9 Å². The Kier molecular flexibility index (Phi) is 4.54. The quantitative estimate of drug-likeness (QED) is 0.814. The van der Waals surface area contributed by atoms with Crippen LogP contribution >= 0.6 is 0 Å². The average Bonchev–Trinajstić information content (AvgIpc) is 2.59. The molecule has 110 valence electrons. The minimum atomic E-state index is -0.581. The second-order valence-corrected chi connectivity index (χ2v) is 4.40. The number of hydrogen-bond acceptors (Lipinski definition) is 5. The predicted octanol–water partition coefficient (Wildman–Crippen LogP) is 2.80. The van der Waals surface area contributed by atoms with E-state index >= 15 is 0 Å². The van der Waals surface area contributed by atoms with Crippen molar-refractivity contribution < 1.29 is 19.1 Å². The maximum atomic E-state index is 11.8. The molecular weight excluding hydrogens is 282 g/mol. The highest BCUT2D eigenvalue weighted by atomic mass is 16.5. The third-order valence-corrected chi connectivity index (χ3v) is 3.18. The molecule has 0 bridgehead atoms. The van der Waals surface area contributed by atoms with Crippen molar-refractivity contribution in [3.05, 3.63) is 59.2 Å². The van der Waals surface area contributed by atoms with E-state index in [0.717, 1.165) is 0 Å². The number of methoxy groups -OCH3 is 2. The maximum absolute atomic E-state index is 11.8. The van der Waals surface area contributed by atoms with Gasteiger partial charge in [-0.1, -0.05) is 24.3 Å². The number of nitriles is 1. The summed E-state index contributed by atoms with van der Waals surface area (Å²) < 4.78 is 9.37. The van der Waals surface area contributed by atoms with Crippen LogP contribution in [0.3, 0.4) is 0 Å².